The first-order chi connectivity index (χ1) is 4.75. The Kier molecular flexibility index (Phi) is 2.12. The molecule has 1 rings (SSSR count). The smallest absolute Gasteiger partial charge is 0.0349 e. The second-order valence-corrected chi connectivity index (χ2v) is 2.94. The van der Waals surface area contributed by atoms with Crippen molar-refractivity contribution in [2.24, 2.45) is 0 Å². The number of rotatable bonds is 2. The molecule has 10 heavy (non-hydrogen) atoms. The summed E-state index contributed by atoms with van der Waals surface area (Å²) in [5, 5.41) is 7.25. The normalized spacial score (nSPS) is 9.40. The SMILES string of the molecule is C=C(NC)c1cscc1C. The second kappa shape index (κ2) is 2.88. The van der Waals surface area contributed by atoms with Gasteiger partial charge in [0.05, 0.1) is 0 Å². The summed E-state index contributed by atoms with van der Waals surface area (Å²) >= 11 is 1.71. The molecule has 1 aromatic heterocycles. The van der Waals surface area contributed by atoms with Gasteiger partial charge in [-0.1, -0.05) is 6.58 Å². The fraction of sp³-hybridized carbons (Fsp3) is 0.250. The second-order valence-electron chi connectivity index (χ2n) is 2.20. The minimum absolute atomic E-state index is 0.999. The molecule has 1 aromatic rings. The first kappa shape index (κ1) is 7.35. The molecule has 0 aliphatic heterocycles. The van der Waals surface area contributed by atoms with Crippen LogP contribution in [0.4, 0.5) is 0 Å². The highest BCUT2D eigenvalue weighted by atomic mass is 32.1. The lowest BCUT2D eigenvalue weighted by molar-refractivity contribution is 1.13. The van der Waals surface area contributed by atoms with Gasteiger partial charge in [0, 0.05) is 23.7 Å². The molecule has 54 valence electrons. The first-order valence-corrected chi connectivity index (χ1v) is 4.10. The van der Waals surface area contributed by atoms with Crippen molar-refractivity contribution in [2.75, 3.05) is 7.05 Å². The molecule has 2 heteroatoms. The van der Waals surface area contributed by atoms with Crippen LogP contribution in [-0.2, 0) is 0 Å². The predicted molar refractivity (Wildman–Crippen MR) is 47.1 cm³/mol. The van der Waals surface area contributed by atoms with Gasteiger partial charge >= 0.3 is 0 Å². The largest absolute Gasteiger partial charge is 0.388 e. The molecule has 0 aliphatic carbocycles. The summed E-state index contributed by atoms with van der Waals surface area (Å²) in [6.07, 6.45) is 0. The number of hydrogen-bond donors (Lipinski definition) is 1. The minimum atomic E-state index is 0.999. The van der Waals surface area contributed by atoms with Gasteiger partial charge in [-0.2, -0.15) is 11.3 Å². The zero-order valence-corrected chi connectivity index (χ0v) is 7.09. The zero-order valence-electron chi connectivity index (χ0n) is 6.27. The van der Waals surface area contributed by atoms with Crippen molar-refractivity contribution in [2.45, 2.75) is 6.92 Å². The number of nitrogens with one attached hydrogen (secondary N) is 1. The molecule has 1 heterocycles. The van der Waals surface area contributed by atoms with Gasteiger partial charge in [-0.15, -0.1) is 0 Å². The van der Waals surface area contributed by atoms with E-state index in [1.165, 1.54) is 11.1 Å². The molecule has 0 atom stereocenters. The maximum absolute atomic E-state index is 3.87. The lowest BCUT2D eigenvalue weighted by Gasteiger charge is -2.01. The molecule has 0 saturated heterocycles. The fourth-order valence-corrected chi connectivity index (χ4v) is 1.67. The van der Waals surface area contributed by atoms with E-state index in [4.69, 9.17) is 0 Å². The Labute approximate surface area is 65.4 Å². The molecule has 1 N–H and O–H groups in total. The van der Waals surface area contributed by atoms with Crippen molar-refractivity contribution in [1.29, 1.82) is 0 Å². The summed E-state index contributed by atoms with van der Waals surface area (Å²) < 4.78 is 0. The van der Waals surface area contributed by atoms with Gasteiger partial charge in [0.1, 0.15) is 0 Å². The lowest BCUT2D eigenvalue weighted by Crippen LogP contribution is -2.02. The van der Waals surface area contributed by atoms with Crippen LogP contribution in [0, 0.1) is 6.92 Å². The minimum Gasteiger partial charge on any atom is -0.388 e. The Hall–Kier alpha value is -0.760. The molecule has 0 fully saturated rings. The standard InChI is InChI=1S/C8H11NS/c1-6-4-10-5-8(6)7(2)9-3/h4-5,9H,2H2,1,3H3. The van der Waals surface area contributed by atoms with Gasteiger partial charge in [0.2, 0.25) is 0 Å². The Morgan fingerprint density at radius 2 is 2.30 bits per heavy atom. The van der Waals surface area contributed by atoms with Crippen molar-refractivity contribution in [1.82, 2.24) is 5.32 Å². The van der Waals surface area contributed by atoms with Crippen LogP contribution in [0.25, 0.3) is 5.70 Å². The third-order valence-corrected chi connectivity index (χ3v) is 2.34. The Bertz CT molecular complexity index is 237. The van der Waals surface area contributed by atoms with E-state index in [0.29, 0.717) is 0 Å². The van der Waals surface area contributed by atoms with Crippen LogP contribution < -0.4 is 5.32 Å². The van der Waals surface area contributed by atoms with E-state index in [2.05, 4.69) is 29.6 Å². The van der Waals surface area contributed by atoms with Crippen molar-refractivity contribution >= 4 is 17.0 Å². The van der Waals surface area contributed by atoms with Crippen LogP contribution in [0.2, 0.25) is 0 Å². The number of aryl methyl sites for hydroxylation is 1. The van der Waals surface area contributed by atoms with Crippen molar-refractivity contribution < 1.29 is 0 Å². The van der Waals surface area contributed by atoms with E-state index >= 15 is 0 Å². The lowest BCUT2D eigenvalue weighted by atomic mass is 10.2. The van der Waals surface area contributed by atoms with Crippen LogP contribution in [0.15, 0.2) is 17.3 Å². The molecule has 0 unspecified atom stereocenters. The zero-order chi connectivity index (χ0) is 7.56. The van der Waals surface area contributed by atoms with Crippen molar-refractivity contribution in [3.8, 4) is 0 Å². The van der Waals surface area contributed by atoms with E-state index in [1.54, 1.807) is 11.3 Å². The van der Waals surface area contributed by atoms with Gasteiger partial charge in [-0.3, -0.25) is 0 Å². The first-order valence-electron chi connectivity index (χ1n) is 3.15. The highest BCUT2D eigenvalue weighted by molar-refractivity contribution is 7.08. The molecule has 0 spiro atoms. The Morgan fingerprint density at radius 3 is 2.70 bits per heavy atom. The highest BCUT2D eigenvalue weighted by Gasteiger charge is 1.99. The van der Waals surface area contributed by atoms with Gasteiger partial charge in [0.15, 0.2) is 0 Å². The van der Waals surface area contributed by atoms with E-state index < -0.39 is 0 Å². The topological polar surface area (TPSA) is 12.0 Å². The molecule has 1 nitrogen and oxygen atoms in total. The van der Waals surface area contributed by atoms with Crippen molar-refractivity contribution in [3.63, 3.8) is 0 Å². The van der Waals surface area contributed by atoms with Crippen LogP contribution in [0.5, 0.6) is 0 Å². The van der Waals surface area contributed by atoms with Crippen LogP contribution in [0.1, 0.15) is 11.1 Å². The maximum atomic E-state index is 3.87. The Morgan fingerprint density at radius 1 is 1.60 bits per heavy atom. The van der Waals surface area contributed by atoms with Crippen LogP contribution in [0.3, 0.4) is 0 Å². The van der Waals surface area contributed by atoms with Gasteiger partial charge in [0.25, 0.3) is 0 Å². The summed E-state index contributed by atoms with van der Waals surface area (Å²) in [6.45, 7) is 5.96. The highest BCUT2D eigenvalue weighted by Crippen LogP contribution is 2.18. The molecule has 0 bridgehead atoms. The monoisotopic (exact) mass is 153 g/mol. The van der Waals surface area contributed by atoms with Crippen LogP contribution >= 0.6 is 11.3 Å². The average molecular weight is 153 g/mol. The third-order valence-electron chi connectivity index (χ3n) is 1.48. The molecule has 0 radical (unpaired) electrons. The van der Waals surface area contributed by atoms with E-state index in [9.17, 15) is 0 Å². The number of thiophene rings is 1. The van der Waals surface area contributed by atoms with Gasteiger partial charge in [-0.05, 0) is 17.9 Å². The summed E-state index contributed by atoms with van der Waals surface area (Å²) in [4.78, 5) is 0. The fourth-order valence-electron chi connectivity index (χ4n) is 0.804. The summed E-state index contributed by atoms with van der Waals surface area (Å²) in [5.41, 5.74) is 3.52. The third kappa shape index (κ3) is 1.21. The maximum Gasteiger partial charge on any atom is 0.0349 e. The van der Waals surface area contributed by atoms with Gasteiger partial charge in [-0.25, -0.2) is 0 Å². The van der Waals surface area contributed by atoms with E-state index in [1.807, 2.05) is 7.05 Å². The van der Waals surface area contributed by atoms with E-state index in [0.717, 1.165) is 5.70 Å². The summed E-state index contributed by atoms with van der Waals surface area (Å²) in [5.74, 6) is 0. The quantitative estimate of drug-likeness (QED) is 0.687. The summed E-state index contributed by atoms with van der Waals surface area (Å²) in [7, 11) is 1.89. The number of hydrogen-bond acceptors (Lipinski definition) is 2. The molecule has 0 amide bonds. The summed E-state index contributed by atoms with van der Waals surface area (Å²) in [6, 6.07) is 0. The Balaban J connectivity index is 2.93. The van der Waals surface area contributed by atoms with E-state index in [-0.39, 0.29) is 0 Å². The molecule has 0 aliphatic rings. The van der Waals surface area contributed by atoms with Gasteiger partial charge < -0.3 is 5.32 Å². The average Bonchev–Trinajstić information content (AvgIpc) is 2.34. The van der Waals surface area contributed by atoms with Crippen molar-refractivity contribution in [3.05, 3.63) is 28.5 Å². The predicted octanol–water partition coefficient (Wildman–Crippen LogP) is 2.25. The molecular weight excluding hydrogens is 142 g/mol. The molecular formula is C8H11NS. The molecule has 0 aromatic carbocycles. The van der Waals surface area contributed by atoms with Crippen LogP contribution in [-0.4, -0.2) is 7.05 Å². The molecule has 0 saturated carbocycles.